The lowest BCUT2D eigenvalue weighted by molar-refractivity contribution is -0.112. The molecule has 0 spiro atoms. The highest BCUT2D eigenvalue weighted by molar-refractivity contribution is 6.07. The zero-order valence-electron chi connectivity index (χ0n) is 13.0. The topological polar surface area (TPSA) is 115 Å². The smallest absolute Gasteiger partial charge is 0.267 e. The number of hydrogen-bond acceptors (Lipinski definition) is 5. The minimum Gasteiger partial charge on any atom is -0.397 e. The number of benzene rings is 2. The van der Waals surface area contributed by atoms with Crippen LogP contribution in [0.15, 0.2) is 54.2 Å². The number of amides is 1. The minimum absolute atomic E-state index is 0.136. The Morgan fingerprint density at radius 3 is 2.58 bits per heavy atom. The lowest BCUT2D eigenvalue weighted by Crippen LogP contribution is -2.15. The third kappa shape index (κ3) is 3.90. The van der Waals surface area contributed by atoms with E-state index in [4.69, 9.17) is 11.0 Å². The normalized spacial score (nSPS) is 10.4. The number of nitrogens with two attached hydrogens (primary N) is 1. The van der Waals surface area contributed by atoms with Crippen LogP contribution >= 0.6 is 0 Å². The number of para-hydroxylation sites is 1. The van der Waals surface area contributed by atoms with E-state index in [9.17, 15) is 10.1 Å². The molecule has 1 amide bonds. The fourth-order valence-electron chi connectivity index (χ4n) is 1.99. The molecule has 0 saturated carbocycles. The van der Waals surface area contributed by atoms with E-state index in [1.807, 2.05) is 25.1 Å². The maximum Gasteiger partial charge on any atom is 0.267 e. The van der Waals surface area contributed by atoms with Crippen LogP contribution in [0.2, 0.25) is 0 Å². The van der Waals surface area contributed by atoms with Crippen molar-refractivity contribution < 1.29 is 4.79 Å². The maximum atomic E-state index is 12.2. The summed E-state index contributed by atoms with van der Waals surface area (Å²) in [5.74, 6) is -0.613. The number of hydrogen-bond donors (Lipinski definition) is 3. The van der Waals surface area contributed by atoms with Gasteiger partial charge in [-0.05, 0) is 36.8 Å². The Morgan fingerprint density at radius 1 is 1.17 bits per heavy atom. The van der Waals surface area contributed by atoms with Gasteiger partial charge in [-0.3, -0.25) is 4.79 Å². The third-order valence-corrected chi connectivity index (χ3v) is 3.24. The summed E-state index contributed by atoms with van der Waals surface area (Å²) < 4.78 is 0. The molecule has 0 radical (unpaired) electrons. The van der Waals surface area contributed by atoms with Crippen LogP contribution in [0.5, 0.6) is 0 Å². The molecule has 0 aromatic heterocycles. The first-order valence-corrected chi connectivity index (χ1v) is 7.08. The van der Waals surface area contributed by atoms with Gasteiger partial charge in [0.25, 0.3) is 5.91 Å². The molecule has 4 N–H and O–H groups in total. The Hall–Kier alpha value is -3.77. The molecule has 6 heteroatoms. The van der Waals surface area contributed by atoms with E-state index in [2.05, 4.69) is 10.6 Å². The summed E-state index contributed by atoms with van der Waals surface area (Å²) in [6, 6.07) is 15.8. The van der Waals surface area contributed by atoms with Gasteiger partial charge in [-0.25, -0.2) is 0 Å². The zero-order valence-corrected chi connectivity index (χ0v) is 13.0. The van der Waals surface area contributed by atoms with E-state index in [1.54, 1.807) is 36.4 Å². The Labute approximate surface area is 139 Å². The van der Waals surface area contributed by atoms with Crippen LogP contribution in [0.3, 0.4) is 0 Å². The summed E-state index contributed by atoms with van der Waals surface area (Å²) in [6.45, 7) is 1.91. The number of carbonyl (C=O) groups excluding carboxylic acids is 1. The van der Waals surface area contributed by atoms with Crippen molar-refractivity contribution in [2.75, 3.05) is 16.4 Å². The van der Waals surface area contributed by atoms with Crippen LogP contribution in [0.25, 0.3) is 0 Å². The quantitative estimate of drug-likeness (QED) is 0.455. The van der Waals surface area contributed by atoms with Crippen LogP contribution in [-0.2, 0) is 4.79 Å². The second-order valence-electron chi connectivity index (χ2n) is 5.02. The summed E-state index contributed by atoms with van der Waals surface area (Å²) in [6.07, 6.45) is 1.28. The summed E-state index contributed by atoms with van der Waals surface area (Å²) in [5.41, 5.74) is 8.52. The highest BCUT2D eigenvalue weighted by atomic mass is 16.1. The van der Waals surface area contributed by atoms with Crippen LogP contribution < -0.4 is 16.4 Å². The van der Waals surface area contributed by atoms with Crippen molar-refractivity contribution in [2.24, 2.45) is 0 Å². The molecule has 24 heavy (non-hydrogen) atoms. The maximum absolute atomic E-state index is 12.2. The van der Waals surface area contributed by atoms with Crippen LogP contribution in [-0.4, -0.2) is 5.91 Å². The van der Waals surface area contributed by atoms with E-state index in [1.165, 1.54) is 6.20 Å². The lowest BCUT2D eigenvalue weighted by Gasteiger charge is -2.08. The van der Waals surface area contributed by atoms with Crippen molar-refractivity contribution in [3.63, 3.8) is 0 Å². The van der Waals surface area contributed by atoms with E-state index in [0.29, 0.717) is 22.6 Å². The molecule has 0 fully saturated rings. The van der Waals surface area contributed by atoms with Gasteiger partial charge in [0, 0.05) is 6.20 Å². The number of nitriles is 2. The van der Waals surface area contributed by atoms with E-state index in [-0.39, 0.29) is 5.57 Å². The molecule has 0 aliphatic rings. The molecule has 0 saturated heterocycles. The van der Waals surface area contributed by atoms with Crippen molar-refractivity contribution in [1.82, 2.24) is 0 Å². The van der Waals surface area contributed by atoms with Gasteiger partial charge in [-0.2, -0.15) is 10.5 Å². The van der Waals surface area contributed by atoms with Crippen molar-refractivity contribution in [2.45, 2.75) is 6.92 Å². The molecule has 0 atom stereocenters. The monoisotopic (exact) mass is 317 g/mol. The molecule has 118 valence electrons. The molecule has 0 heterocycles. The first kappa shape index (κ1) is 16.6. The Bertz CT molecular complexity index is 887. The number of carbonyl (C=O) groups is 1. The second kappa shape index (κ2) is 7.48. The Kier molecular flexibility index (Phi) is 5.17. The van der Waals surface area contributed by atoms with Crippen molar-refractivity contribution in [1.29, 1.82) is 10.5 Å². The standard InChI is InChI=1S/C18H15N5O/c1-12-6-7-17(15(21)8-12)22-11-14(10-20)18(24)23-16-5-3-2-4-13(16)9-19/h2-8,11,22H,21H2,1H3,(H,23,24)/b14-11-. The molecule has 6 nitrogen and oxygen atoms in total. The van der Waals surface area contributed by atoms with Crippen LogP contribution in [0.1, 0.15) is 11.1 Å². The molecular weight excluding hydrogens is 302 g/mol. The molecule has 2 aromatic rings. The predicted molar refractivity (Wildman–Crippen MR) is 92.7 cm³/mol. The van der Waals surface area contributed by atoms with Gasteiger partial charge in [0.15, 0.2) is 0 Å². The molecule has 0 bridgehead atoms. The third-order valence-electron chi connectivity index (χ3n) is 3.24. The SMILES string of the molecule is Cc1ccc(N/C=C(/C#N)C(=O)Nc2ccccc2C#N)c(N)c1. The second-order valence-corrected chi connectivity index (χ2v) is 5.02. The number of rotatable bonds is 4. The Morgan fingerprint density at radius 2 is 1.92 bits per heavy atom. The molecule has 2 rings (SSSR count). The first-order chi connectivity index (χ1) is 11.5. The number of anilines is 3. The fourth-order valence-corrected chi connectivity index (χ4v) is 1.99. The summed E-state index contributed by atoms with van der Waals surface area (Å²) in [4.78, 5) is 12.2. The van der Waals surface area contributed by atoms with Crippen LogP contribution in [0, 0.1) is 29.6 Å². The van der Waals surface area contributed by atoms with Gasteiger partial charge in [-0.1, -0.05) is 18.2 Å². The van der Waals surface area contributed by atoms with Gasteiger partial charge in [0.2, 0.25) is 0 Å². The number of nitrogen functional groups attached to an aromatic ring is 1. The molecule has 0 aliphatic carbocycles. The number of aryl methyl sites for hydroxylation is 1. The van der Waals surface area contributed by atoms with Crippen LogP contribution in [0.4, 0.5) is 17.1 Å². The van der Waals surface area contributed by atoms with E-state index >= 15 is 0 Å². The molecule has 0 aliphatic heterocycles. The average molecular weight is 317 g/mol. The number of nitrogens with one attached hydrogen (secondary N) is 2. The molecular formula is C18H15N5O. The summed E-state index contributed by atoms with van der Waals surface area (Å²) in [5, 5.41) is 23.6. The highest BCUT2D eigenvalue weighted by Crippen LogP contribution is 2.20. The van der Waals surface area contributed by atoms with E-state index in [0.717, 1.165) is 5.56 Å². The fraction of sp³-hybridized carbons (Fsp3) is 0.0556. The van der Waals surface area contributed by atoms with Crippen molar-refractivity contribution >= 4 is 23.0 Å². The van der Waals surface area contributed by atoms with Crippen molar-refractivity contribution in [3.05, 3.63) is 65.4 Å². The lowest BCUT2D eigenvalue weighted by atomic mass is 10.2. The predicted octanol–water partition coefficient (Wildman–Crippen LogP) is 2.91. The minimum atomic E-state index is -0.613. The Balaban J connectivity index is 2.17. The number of nitrogens with zero attached hydrogens (tertiary/aromatic N) is 2. The summed E-state index contributed by atoms with van der Waals surface area (Å²) in [7, 11) is 0. The van der Waals surface area contributed by atoms with Gasteiger partial charge >= 0.3 is 0 Å². The van der Waals surface area contributed by atoms with Gasteiger partial charge in [0.1, 0.15) is 17.7 Å². The largest absolute Gasteiger partial charge is 0.397 e. The van der Waals surface area contributed by atoms with Gasteiger partial charge in [-0.15, -0.1) is 0 Å². The highest BCUT2D eigenvalue weighted by Gasteiger charge is 2.11. The van der Waals surface area contributed by atoms with Gasteiger partial charge in [0.05, 0.1) is 22.6 Å². The van der Waals surface area contributed by atoms with Crippen molar-refractivity contribution in [3.8, 4) is 12.1 Å². The van der Waals surface area contributed by atoms with Gasteiger partial charge < -0.3 is 16.4 Å². The van der Waals surface area contributed by atoms with E-state index < -0.39 is 5.91 Å². The zero-order chi connectivity index (χ0) is 17.5. The first-order valence-electron chi connectivity index (χ1n) is 7.08. The molecule has 0 unspecified atom stereocenters. The molecule has 2 aromatic carbocycles. The summed E-state index contributed by atoms with van der Waals surface area (Å²) >= 11 is 0. The average Bonchev–Trinajstić information content (AvgIpc) is 2.57.